The van der Waals surface area contributed by atoms with Gasteiger partial charge in [0.15, 0.2) is 5.82 Å². The van der Waals surface area contributed by atoms with Gasteiger partial charge in [-0.2, -0.15) is 5.26 Å². The van der Waals surface area contributed by atoms with Crippen LogP contribution in [0.5, 0.6) is 0 Å². The van der Waals surface area contributed by atoms with Gasteiger partial charge in [-0.1, -0.05) is 19.1 Å². The number of rotatable bonds is 5. The molecule has 3 rings (SSSR count). The molecule has 126 valence electrons. The van der Waals surface area contributed by atoms with Gasteiger partial charge in [0.2, 0.25) is 5.69 Å². The summed E-state index contributed by atoms with van der Waals surface area (Å²) in [6, 6.07) is 10.5. The molecule has 2 aromatic rings. The van der Waals surface area contributed by atoms with Crippen molar-refractivity contribution in [1.82, 2.24) is 15.0 Å². The maximum absolute atomic E-state index is 9.47. The first-order chi connectivity index (χ1) is 11.8. The van der Waals surface area contributed by atoms with Crippen molar-refractivity contribution in [3.8, 4) is 11.8 Å². The van der Waals surface area contributed by atoms with Crippen molar-refractivity contribution in [3.63, 3.8) is 0 Å². The highest BCUT2D eigenvalue weighted by molar-refractivity contribution is 5.51. The van der Waals surface area contributed by atoms with Crippen LogP contribution >= 0.6 is 0 Å². The Bertz CT molecular complexity index is 714. The van der Waals surface area contributed by atoms with Crippen LogP contribution in [0.15, 0.2) is 24.3 Å². The van der Waals surface area contributed by atoms with E-state index in [4.69, 9.17) is 0 Å². The molecule has 1 N–H and O–H groups in total. The third-order valence-electron chi connectivity index (χ3n) is 4.64. The van der Waals surface area contributed by atoms with Crippen molar-refractivity contribution >= 4 is 5.82 Å². The molecule has 6 nitrogen and oxygen atoms in total. The van der Waals surface area contributed by atoms with Gasteiger partial charge < -0.3 is 10.0 Å². The minimum Gasteiger partial charge on any atom is -0.396 e. The lowest BCUT2D eigenvalue weighted by Gasteiger charge is -2.35. The minimum absolute atomic E-state index is 0.148. The van der Waals surface area contributed by atoms with E-state index < -0.39 is 0 Å². The fourth-order valence-electron chi connectivity index (χ4n) is 3.27. The zero-order valence-electron chi connectivity index (χ0n) is 14.0. The molecule has 1 atom stereocenters. The van der Waals surface area contributed by atoms with Crippen LogP contribution in [0.4, 0.5) is 5.82 Å². The number of aromatic nitrogens is 3. The van der Waals surface area contributed by atoms with Crippen LogP contribution in [-0.2, 0) is 6.42 Å². The Morgan fingerprint density at radius 2 is 2.04 bits per heavy atom. The highest BCUT2D eigenvalue weighted by atomic mass is 16.3. The molecule has 1 unspecified atom stereocenters. The van der Waals surface area contributed by atoms with E-state index in [-0.39, 0.29) is 12.6 Å². The van der Waals surface area contributed by atoms with E-state index in [1.165, 1.54) is 10.4 Å². The van der Waals surface area contributed by atoms with Gasteiger partial charge in [0, 0.05) is 19.2 Å². The van der Waals surface area contributed by atoms with Crippen molar-refractivity contribution in [2.45, 2.75) is 45.1 Å². The lowest BCUT2D eigenvalue weighted by molar-refractivity contribution is 0.262. The largest absolute Gasteiger partial charge is 0.396 e. The molecular weight excluding hydrogens is 302 g/mol. The molecule has 0 saturated carbocycles. The zero-order chi connectivity index (χ0) is 16.9. The van der Waals surface area contributed by atoms with Crippen LogP contribution in [0.2, 0.25) is 0 Å². The highest BCUT2D eigenvalue weighted by Crippen LogP contribution is 2.27. The summed E-state index contributed by atoms with van der Waals surface area (Å²) in [6.07, 6.45) is 4.92. The predicted octanol–water partition coefficient (Wildman–Crippen LogP) is 2.44. The SMILES string of the molecule is CCc1ccc(-n2nc(C#N)c(N3CCCCC3CCO)n2)cc1. The Morgan fingerprint density at radius 3 is 2.71 bits per heavy atom. The standard InChI is InChI=1S/C18H23N5O/c1-2-14-6-8-16(9-7-14)23-20-17(13-19)18(21-23)22-11-4-3-5-15(22)10-12-24/h6-9,15,24H,2-5,10-12H2,1H3. The summed E-state index contributed by atoms with van der Waals surface area (Å²) < 4.78 is 0. The van der Waals surface area contributed by atoms with Crippen LogP contribution in [0.1, 0.15) is 43.9 Å². The normalized spacial score (nSPS) is 17.7. The van der Waals surface area contributed by atoms with E-state index in [1.54, 1.807) is 0 Å². The quantitative estimate of drug-likeness (QED) is 0.913. The van der Waals surface area contributed by atoms with E-state index in [9.17, 15) is 10.4 Å². The molecule has 1 aliphatic rings. The third-order valence-corrected chi connectivity index (χ3v) is 4.64. The molecule has 0 radical (unpaired) electrons. The topological polar surface area (TPSA) is 78.0 Å². The summed E-state index contributed by atoms with van der Waals surface area (Å²) >= 11 is 0. The third kappa shape index (κ3) is 3.26. The van der Waals surface area contributed by atoms with Crippen molar-refractivity contribution in [2.75, 3.05) is 18.1 Å². The Balaban J connectivity index is 1.93. The number of hydrogen-bond donors (Lipinski definition) is 1. The van der Waals surface area contributed by atoms with E-state index in [0.29, 0.717) is 17.9 Å². The van der Waals surface area contributed by atoms with E-state index in [0.717, 1.165) is 37.9 Å². The van der Waals surface area contributed by atoms with Gasteiger partial charge in [0.1, 0.15) is 6.07 Å². The number of hydrogen-bond acceptors (Lipinski definition) is 5. The number of anilines is 1. The van der Waals surface area contributed by atoms with Crippen LogP contribution in [0, 0.1) is 11.3 Å². The second-order valence-electron chi connectivity index (χ2n) is 6.15. The van der Waals surface area contributed by atoms with Crippen LogP contribution < -0.4 is 4.90 Å². The number of benzene rings is 1. The van der Waals surface area contributed by atoms with Gasteiger partial charge in [-0.3, -0.25) is 0 Å². The molecule has 1 aliphatic heterocycles. The fourth-order valence-corrected chi connectivity index (χ4v) is 3.27. The van der Waals surface area contributed by atoms with Crippen LogP contribution in [0.3, 0.4) is 0 Å². The van der Waals surface area contributed by atoms with Gasteiger partial charge in [-0.05, 0) is 49.8 Å². The first-order valence-corrected chi connectivity index (χ1v) is 8.61. The number of aryl methyl sites for hydroxylation is 1. The monoisotopic (exact) mass is 325 g/mol. The lowest BCUT2D eigenvalue weighted by Crippen LogP contribution is -2.40. The molecule has 0 amide bonds. The molecular formula is C18H23N5O. The molecule has 1 saturated heterocycles. The highest BCUT2D eigenvalue weighted by Gasteiger charge is 2.27. The van der Waals surface area contributed by atoms with Crippen molar-refractivity contribution < 1.29 is 5.11 Å². The average Bonchev–Trinajstić information content (AvgIpc) is 3.07. The predicted molar refractivity (Wildman–Crippen MR) is 92.1 cm³/mol. The lowest BCUT2D eigenvalue weighted by atomic mass is 9.99. The number of nitrogens with zero attached hydrogens (tertiary/aromatic N) is 5. The van der Waals surface area contributed by atoms with Crippen molar-refractivity contribution in [3.05, 3.63) is 35.5 Å². The molecule has 1 aromatic carbocycles. The summed E-state index contributed by atoms with van der Waals surface area (Å²) in [5.74, 6) is 0.634. The first kappa shape index (κ1) is 16.5. The molecule has 0 spiro atoms. The molecule has 6 heteroatoms. The first-order valence-electron chi connectivity index (χ1n) is 8.61. The summed E-state index contributed by atoms with van der Waals surface area (Å²) in [7, 11) is 0. The summed E-state index contributed by atoms with van der Waals surface area (Å²) in [4.78, 5) is 3.68. The Kier molecular flexibility index (Phi) is 5.11. The van der Waals surface area contributed by atoms with E-state index in [1.807, 2.05) is 12.1 Å². The Hall–Kier alpha value is -2.39. The number of aliphatic hydroxyl groups excluding tert-OH is 1. The zero-order valence-corrected chi connectivity index (χ0v) is 14.0. The van der Waals surface area contributed by atoms with E-state index >= 15 is 0 Å². The van der Waals surface area contributed by atoms with Crippen LogP contribution in [-0.4, -0.2) is 39.3 Å². The van der Waals surface area contributed by atoms with Gasteiger partial charge >= 0.3 is 0 Å². The maximum Gasteiger partial charge on any atom is 0.207 e. The minimum atomic E-state index is 0.148. The van der Waals surface area contributed by atoms with Gasteiger partial charge in [0.25, 0.3) is 0 Å². The summed E-state index contributed by atoms with van der Waals surface area (Å²) in [5, 5.41) is 27.7. The van der Waals surface area contributed by atoms with Gasteiger partial charge in [-0.25, -0.2) is 0 Å². The molecule has 0 bridgehead atoms. The Morgan fingerprint density at radius 1 is 1.25 bits per heavy atom. The number of aliphatic hydroxyl groups is 1. The molecule has 24 heavy (non-hydrogen) atoms. The fraction of sp³-hybridized carbons (Fsp3) is 0.500. The van der Waals surface area contributed by atoms with Gasteiger partial charge in [-0.15, -0.1) is 15.0 Å². The Labute approximate surface area is 142 Å². The van der Waals surface area contributed by atoms with Crippen molar-refractivity contribution in [1.29, 1.82) is 5.26 Å². The van der Waals surface area contributed by atoms with E-state index in [2.05, 4.69) is 40.2 Å². The van der Waals surface area contributed by atoms with Crippen LogP contribution in [0.25, 0.3) is 5.69 Å². The molecule has 1 fully saturated rings. The molecule has 1 aromatic heterocycles. The molecule has 2 heterocycles. The summed E-state index contributed by atoms with van der Waals surface area (Å²) in [6.45, 7) is 3.12. The number of piperidine rings is 1. The maximum atomic E-state index is 9.47. The summed E-state index contributed by atoms with van der Waals surface area (Å²) in [5.41, 5.74) is 2.45. The number of nitriles is 1. The second-order valence-corrected chi connectivity index (χ2v) is 6.15. The van der Waals surface area contributed by atoms with Gasteiger partial charge in [0.05, 0.1) is 5.69 Å². The average molecular weight is 325 g/mol. The van der Waals surface area contributed by atoms with Crippen molar-refractivity contribution in [2.24, 2.45) is 0 Å². The second kappa shape index (κ2) is 7.45. The smallest absolute Gasteiger partial charge is 0.207 e. The molecule has 0 aliphatic carbocycles.